The molecule has 4 rings (SSSR count). The number of amides is 1. The second-order valence-corrected chi connectivity index (χ2v) is 7.69. The highest BCUT2D eigenvalue weighted by atomic mass is 32.2. The predicted octanol–water partition coefficient (Wildman–Crippen LogP) is 0.585. The monoisotopic (exact) mass is 425 g/mol. The SMILES string of the molecule is O=C(NCc1ccnc(-c2cnc(C(F)(F)F)nc2)c1)C1NC2CC2C1=S(=O)=O. The summed E-state index contributed by atoms with van der Waals surface area (Å²) in [7, 11) is -2.43. The maximum Gasteiger partial charge on any atom is 0.451 e. The molecule has 29 heavy (non-hydrogen) atoms. The quantitative estimate of drug-likeness (QED) is 0.689. The number of nitrogens with zero attached hydrogens (tertiary/aromatic N) is 3. The average molecular weight is 425 g/mol. The summed E-state index contributed by atoms with van der Waals surface area (Å²) < 4.78 is 60.4. The third kappa shape index (κ3) is 3.98. The molecule has 2 aliphatic rings. The van der Waals surface area contributed by atoms with Crippen LogP contribution in [0.5, 0.6) is 0 Å². The number of alkyl halides is 3. The van der Waals surface area contributed by atoms with Gasteiger partial charge in [0.2, 0.25) is 22.0 Å². The number of carbonyl (C=O) groups excluding carboxylic acids is 1. The van der Waals surface area contributed by atoms with E-state index in [0.717, 1.165) is 18.8 Å². The van der Waals surface area contributed by atoms with Crippen LogP contribution in [-0.2, 0) is 27.8 Å². The summed E-state index contributed by atoms with van der Waals surface area (Å²) in [5, 5.41) is 5.66. The highest BCUT2D eigenvalue weighted by Gasteiger charge is 2.54. The molecule has 3 atom stereocenters. The topological polar surface area (TPSA) is 114 Å². The Balaban J connectivity index is 1.44. The smallest absolute Gasteiger partial charge is 0.350 e. The van der Waals surface area contributed by atoms with Crippen LogP contribution < -0.4 is 10.6 Å². The van der Waals surface area contributed by atoms with Crippen molar-refractivity contribution >= 4 is 21.1 Å². The van der Waals surface area contributed by atoms with E-state index in [1.54, 1.807) is 12.1 Å². The second-order valence-electron chi connectivity index (χ2n) is 6.75. The molecule has 12 heteroatoms. The predicted molar refractivity (Wildman–Crippen MR) is 94.9 cm³/mol. The summed E-state index contributed by atoms with van der Waals surface area (Å²) in [5.74, 6) is -1.79. The summed E-state index contributed by atoms with van der Waals surface area (Å²) in [4.78, 5) is 23.3. The lowest BCUT2D eigenvalue weighted by atomic mass is 10.1. The van der Waals surface area contributed by atoms with Gasteiger partial charge in [-0.05, 0) is 24.1 Å². The molecule has 152 valence electrons. The van der Waals surface area contributed by atoms with Gasteiger partial charge in [-0.2, -0.15) is 21.6 Å². The molecule has 8 nitrogen and oxygen atoms in total. The Bertz CT molecular complexity index is 1090. The Kier molecular flexibility index (Phi) is 4.82. The molecule has 1 saturated heterocycles. The largest absolute Gasteiger partial charge is 0.451 e. The van der Waals surface area contributed by atoms with E-state index in [9.17, 15) is 26.4 Å². The van der Waals surface area contributed by atoms with E-state index in [1.807, 2.05) is 0 Å². The highest BCUT2D eigenvalue weighted by molar-refractivity contribution is 7.73. The van der Waals surface area contributed by atoms with E-state index in [4.69, 9.17) is 0 Å². The molecule has 0 bridgehead atoms. The van der Waals surface area contributed by atoms with Crippen molar-refractivity contribution < 1.29 is 26.4 Å². The number of halogens is 3. The number of fused-ring (bicyclic) bond motifs is 1. The number of pyridine rings is 1. The molecule has 3 unspecified atom stereocenters. The summed E-state index contributed by atoms with van der Waals surface area (Å²) in [5.41, 5.74) is 1.27. The van der Waals surface area contributed by atoms with Crippen LogP contribution >= 0.6 is 0 Å². The summed E-state index contributed by atoms with van der Waals surface area (Å²) >= 11 is 0. The molecule has 3 heterocycles. The Morgan fingerprint density at radius 3 is 2.62 bits per heavy atom. The third-order valence-electron chi connectivity index (χ3n) is 4.77. The van der Waals surface area contributed by atoms with Crippen molar-refractivity contribution in [1.82, 2.24) is 25.6 Å². The van der Waals surface area contributed by atoms with Gasteiger partial charge in [-0.25, -0.2) is 9.97 Å². The van der Waals surface area contributed by atoms with Crippen LogP contribution in [0.1, 0.15) is 17.8 Å². The zero-order chi connectivity index (χ0) is 20.8. The van der Waals surface area contributed by atoms with Crippen LogP contribution in [0.25, 0.3) is 11.3 Å². The minimum absolute atomic E-state index is 0.0332. The van der Waals surface area contributed by atoms with Gasteiger partial charge in [-0.15, -0.1) is 0 Å². The van der Waals surface area contributed by atoms with E-state index in [2.05, 4.69) is 25.6 Å². The lowest BCUT2D eigenvalue weighted by Gasteiger charge is -2.14. The normalized spacial score (nSPS) is 22.9. The molecule has 2 aromatic heterocycles. The molecule has 1 aliphatic carbocycles. The maximum absolute atomic E-state index is 12.6. The van der Waals surface area contributed by atoms with E-state index in [1.165, 1.54) is 6.20 Å². The van der Waals surface area contributed by atoms with Gasteiger partial charge in [0.1, 0.15) is 6.04 Å². The summed E-state index contributed by atoms with van der Waals surface area (Å²) in [6.45, 7) is 0.0993. The third-order valence-corrected chi connectivity index (χ3v) is 5.69. The maximum atomic E-state index is 12.6. The van der Waals surface area contributed by atoms with Crippen molar-refractivity contribution in [2.75, 3.05) is 0 Å². The van der Waals surface area contributed by atoms with Crippen molar-refractivity contribution in [1.29, 1.82) is 0 Å². The number of hydrogen-bond acceptors (Lipinski definition) is 7. The first kappa shape index (κ1) is 19.5. The van der Waals surface area contributed by atoms with Gasteiger partial charge in [0.15, 0.2) is 0 Å². The number of aromatic nitrogens is 3. The lowest BCUT2D eigenvalue weighted by molar-refractivity contribution is -0.145. The van der Waals surface area contributed by atoms with Crippen molar-refractivity contribution in [2.24, 2.45) is 5.92 Å². The fourth-order valence-corrected chi connectivity index (χ4v) is 4.14. The molecule has 2 aromatic rings. The summed E-state index contributed by atoms with van der Waals surface area (Å²) in [6, 6.07) is 2.37. The summed E-state index contributed by atoms with van der Waals surface area (Å²) in [6.07, 6.45) is -0.408. The molecule has 1 saturated carbocycles. The highest BCUT2D eigenvalue weighted by Crippen LogP contribution is 2.38. The van der Waals surface area contributed by atoms with Crippen molar-refractivity contribution in [3.63, 3.8) is 0 Å². The van der Waals surface area contributed by atoms with E-state index < -0.39 is 34.2 Å². The number of nitrogens with one attached hydrogen (secondary N) is 2. The lowest BCUT2D eigenvalue weighted by Crippen LogP contribution is -2.46. The number of piperidine rings is 1. The number of hydrogen-bond donors (Lipinski definition) is 2. The Labute approximate surface area is 164 Å². The fourth-order valence-electron chi connectivity index (χ4n) is 3.27. The Morgan fingerprint density at radius 2 is 1.97 bits per heavy atom. The molecule has 2 fully saturated rings. The van der Waals surface area contributed by atoms with Gasteiger partial charge < -0.3 is 5.32 Å². The van der Waals surface area contributed by atoms with Crippen LogP contribution in [-0.4, -0.2) is 46.2 Å². The molecule has 0 aromatic carbocycles. The first-order chi connectivity index (χ1) is 13.7. The van der Waals surface area contributed by atoms with Crippen molar-refractivity contribution in [3.05, 3.63) is 42.1 Å². The second kappa shape index (κ2) is 7.19. The molecule has 0 radical (unpaired) electrons. The van der Waals surface area contributed by atoms with Gasteiger partial charge >= 0.3 is 6.18 Å². The van der Waals surface area contributed by atoms with Gasteiger partial charge in [-0.1, -0.05) is 0 Å². The zero-order valence-corrected chi connectivity index (χ0v) is 15.5. The average Bonchev–Trinajstić information content (AvgIpc) is 3.34. The van der Waals surface area contributed by atoms with Gasteiger partial charge in [0.25, 0.3) is 0 Å². The van der Waals surface area contributed by atoms with Crippen LogP contribution in [0.4, 0.5) is 13.2 Å². The van der Waals surface area contributed by atoms with Gasteiger partial charge in [-0.3, -0.25) is 15.1 Å². The molecule has 2 N–H and O–H groups in total. The van der Waals surface area contributed by atoms with Crippen molar-refractivity contribution in [3.8, 4) is 11.3 Å². The standard InChI is InChI=1S/C17H14F3N5O3S/c18-17(19,20)16-23-6-9(7-24-16)11-3-8(1-2-21-11)5-22-15(26)13-14(29(27)28)10-4-12(10)25-13/h1-3,6-7,10,12-13,25H,4-5H2,(H,22,26). The Morgan fingerprint density at radius 1 is 1.24 bits per heavy atom. The Hall–Kier alpha value is -2.86. The van der Waals surface area contributed by atoms with Crippen molar-refractivity contribution in [2.45, 2.75) is 31.2 Å². The minimum atomic E-state index is -4.63. The number of carbonyl (C=O) groups is 1. The molecule has 1 amide bonds. The van der Waals surface area contributed by atoms with Crippen LogP contribution in [0, 0.1) is 5.92 Å². The zero-order valence-electron chi connectivity index (χ0n) is 14.6. The van der Waals surface area contributed by atoms with Crippen LogP contribution in [0.3, 0.4) is 0 Å². The molecule has 1 aliphatic heterocycles. The molecular weight excluding hydrogens is 411 g/mol. The van der Waals surface area contributed by atoms with E-state index in [-0.39, 0.29) is 23.4 Å². The van der Waals surface area contributed by atoms with Gasteiger partial charge in [0.05, 0.1) is 10.6 Å². The number of rotatable bonds is 4. The molecular formula is C17H14F3N5O3S. The first-order valence-corrected chi connectivity index (χ1v) is 9.66. The first-order valence-electron chi connectivity index (χ1n) is 8.58. The molecule has 0 spiro atoms. The van der Waals surface area contributed by atoms with Gasteiger partial charge in [0, 0.05) is 42.7 Å². The van der Waals surface area contributed by atoms with E-state index in [0.29, 0.717) is 16.8 Å². The minimum Gasteiger partial charge on any atom is -0.350 e. The van der Waals surface area contributed by atoms with E-state index >= 15 is 0 Å². The van der Waals surface area contributed by atoms with Crippen LogP contribution in [0.2, 0.25) is 0 Å². The van der Waals surface area contributed by atoms with Crippen LogP contribution in [0.15, 0.2) is 30.7 Å². The fraction of sp³-hybridized carbons (Fsp3) is 0.353.